The van der Waals surface area contributed by atoms with E-state index in [0.29, 0.717) is 18.2 Å². The van der Waals surface area contributed by atoms with Crippen LogP contribution >= 0.6 is 12.2 Å². The van der Waals surface area contributed by atoms with Crippen LogP contribution in [0.25, 0.3) is 0 Å². The van der Waals surface area contributed by atoms with Gasteiger partial charge in [-0.2, -0.15) is 0 Å². The Bertz CT molecular complexity index is 412. The number of aliphatic hydroxyl groups is 1. The predicted molar refractivity (Wildman–Crippen MR) is 67.6 cm³/mol. The molecule has 0 bridgehead atoms. The number of nitro groups is 1. The van der Waals surface area contributed by atoms with Crippen molar-refractivity contribution < 1.29 is 10.0 Å². The molecule has 0 radical (unpaired) electrons. The highest BCUT2D eigenvalue weighted by Gasteiger charge is 2.05. The molecule has 17 heavy (non-hydrogen) atoms. The molecular weight excluding hydrogens is 242 g/mol. The SMILES string of the molecule is O=[N+]([O-])c1cccc(CNC(=S)NCCO)c1. The van der Waals surface area contributed by atoms with Crippen LogP contribution in [0.15, 0.2) is 24.3 Å². The third-order valence-corrected chi connectivity index (χ3v) is 2.26. The van der Waals surface area contributed by atoms with Crippen LogP contribution < -0.4 is 10.6 Å². The molecule has 0 heterocycles. The zero-order valence-corrected chi connectivity index (χ0v) is 9.87. The summed E-state index contributed by atoms with van der Waals surface area (Å²) in [7, 11) is 0. The number of aliphatic hydroxyl groups excluding tert-OH is 1. The zero-order valence-electron chi connectivity index (χ0n) is 9.05. The van der Waals surface area contributed by atoms with E-state index in [0.717, 1.165) is 5.56 Å². The molecule has 0 spiro atoms. The Morgan fingerprint density at radius 2 is 2.24 bits per heavy atom. The number of nitrogens with one attached hydrogen (secondary N) is 2. The Hall–Kier alpha value is -1.73. The third-order valence-electron chi connectivity index (χ3n) is 1.97. The molecule has 0 amide bonds. The van der Waals surface area contributed by atoms with E-state index in [4.69, 9.17) is 17.3 Å². The molecule has 6 nitrogen and oxygen atoms in total. The first-order chi connectivity index (χ1) is 8.13. The molecule has 92 valence electrons. The molecule has 0 fully saturated rings. The summed E-state index contributed by atoms with van der Waals surface area (Å²) in [5.41, 5.74) is 0.825. The minimum Gasteiger partial charge on any atom is -0.395 e. The average molecular weight is 255 g/mol. The van der Waals surface area contributed by atoms with Gasteiger partial charge in [0.25, 0.3) is 5.69 Å². The Labute approximate surface area is 104 Å². The number of hydrogen-bond donors (Lipinski definition) is 3. The molecule has 0 aliphatic carbocycles. The maximum atomic E-state index is 10.6. The first-order valence-corrected chi connectivity index (χ1v) is 5.40. The van der Waals surface area contributed by atoms with Crippen molar-refractivity contribution in [2.45, 2.75) is 6.54 Å². The van der Waals surface area contributed by atoms with Crippen molar-refractivity contribution in [3.05, 3.63) is 39.9 Å². The van der Waals surface area contributed by atoms with Crippen LogP contribution in [0.4, 0.5) is 5.69 Å². The van der Waals surface area contributed by atoms with Gasteiger partial charge in [0.05, 0.1) is 11.5 Å². The number of thiocarbonyl (C=S) groups is 1. The van der Waals surface area contributed by atoms with Crippen LogP contribution in [0.2, 0.25) is 0 Å². The van der Waals surface area contributed by atoms with Crippen LogP contribution in [0.1, 0.15) is 5.56 Å². The highest BCUT2D eigenvalue weighted by atomic mass is 32.1. The summed E-state index contributed by atoms with van der Waals surface area (Å²) in [6.45, 7) is 0.776. The monoisotopic (exact) mass is 255 g/mol. The first-order valence-electron chi connectivity index (χ1n) is 4.99. The Morgan fingerprint density at radius 3 is 2.88 bits per heavy atom. The molecule has 7 heteroatoms. The van der Waals surface area contributed by atoms with Crippen molar-refractivity contribution in [3.8, 4) is 0 Å². The summed E-state index contributed by atoms with van der Waals surface area (Å²) in [5.74, 6) is 0. The van der Waals surface area contributed by atoms with E-state index in [1.54, 1.807) is 12.1 Å². The van der Waals surface area contributed by atoms with Gasteiger partial charge in [-0.1, -0.05) is 12.1 Å². The van der Waals surface area contributed by atoms with Gasteiger partial charge in [-0.3, -0.25) is 10.1 Å². The second kappa shape index (κ2) is 6.77. The van der Waals surface area contributed by atoms with Crippen molar-refractivity contribution in [3.63, 3.8) is 0 Å². The summed E-state index contributed by atoms with van der Waals surface area (Å²) in [6.07, 6.45) is 0. The van der Waals surface area contributed by atoms with E-state index in [1.165, 1.54) is 12.1 Å². The topological polar surface area (TPSA) is 87.4 Å². The van der Waals surface area contributed by atoms with Crippen molar-refractivity contribution in [1.29, 1.82) is 0 Å². The van der Waals surface area contributed by atoms with Crippen LogP contribution in [0.3, 0.4) is 0 Å². The lowest BCUT2D eigenvalue weighted by molar-refractivity contribution is -0.384. The highest BCUT2D eigenvalue weighted by molar-refractivity contribution is 7.80. The van der Waals surface area contributed by atoms with Gasteiger partial charge >= 0.3 is 0 Å². The molecule has 0 atom stereocenters. The van der Waals surface area contributed by atoms with Gasteiger partial charge in [0.1, 0.15) is 0 Å². The van der Waals surface area contributed by atoms with E-state index in [-0.39, 0.29) is 12.3 Å². The summed E-state index contributed by atoms with van der Waals surface area (Å²) in [5, 5.41) is 25.2. The minimum atomic E-state index is -0.439. The van der Waals surface area contributed by atoms with Crippen LogP contribution in [0.5, 0.6) is 0 Å². The molecular formula is C10H13N3O3S. The van der Waals surface area contributed by atoms with Gasteiger partial charge in [0, 0.05) is 25.2 Å². The van der Waals surface area contributed by atoms with Gasteiger partial charge in [0.15, 0.2) is 5.11 Å². The second-order valence-corrected chi connectivity index (χ2v) is 3.67. The second-order valence-electron chi connectivity index (χ2n) is 3.26. The predicted octanol–water partition coefficient (Wildman–Crippen LogP) is 0.551. The molecule has 1 rings (SSSR count). The Morgan fingerprint density at radius 1 is 1.47 bits per heavy atom. The van der Waals surface area contributed by atoms with Crippen LogP contribution in [0, 0.1) is 10.1 Å². The van der Waals surface area contributed by atoms with Crippen molar-refractivity contribution in [2.24, 2.45) is 0 Å². The molecule has 1 aromatic rings. The molecule has 3 N–H and O–H groups in total. The largest absolute Gasteiger partial charge is 0.395 e. The number of non-ortho nitro benzene ring substituents is 1. The van der Waals surface area contributed by atoms with E-state index >= 15 is 0 Å². The number of nitrogens with zero attached hydrogens (tertiary/aromatic N) is 1. The number of rotatable bonds is 5. The van der Waals surface area contributed by atoms with Crippen molar-refractivity contribution in [1.82, 2.24) is 10.6 Å². The summed E-state index contributed by atoms with van der Waals surface area (Å²) in [6, 6.07) is 6.32. The molecule has 0 saturated heterocycles. The fraction of sp³-hybridized carbons (Fsp3) is 0.300. The van der Waals surface area contributed by atoms with E-state index in [2.05, 4.69) is 10.6 Å². The maximum Gasteiger partial charge on any atom is 0.269 e. The lowest BCUT2D eigenvalue weighted by Crippen LogP contribution is -2.36. The summed E-state index contributed by atoms with van der Waals surface area (Å²) in [4.78, 5) is 10.1. The average Bonchev–Trinajstić information content (AvgIpc) is 2.34. The smallest absolute Gasteiger partial charge is 0.269 e. The standard InChI is InChI=1S/C10H13N3O3S/c14-5-4-11-10(17)12-7-8-2-1-3-9(6-8)13(15)16/h1-3,6,14H,4-5,7H2,(H2,11,12,17). The molecule has 0 aromatic heterocycles. The van der Waals surface area contributed by atoms with Gasteiger partial charge in [-0.25, -0.2) is 0 Å². The third kappa shape index (κ3) is 4.75. The summed E-state index contributed by atoms with van der Waals surface area (Å²) < 4.78 is 0. The van der Waals surface area contributed by atoms with E-state index in [1.807, 2.05) is 0 Å². The normalized spacial score (nSPS) is 9.71. The van der Waals surface area contributed by atoms with Crippen molar-refractivity contribution >= 4 is 23.0 Å². The fourth-order valence-electron chi connectivity index (χ4n) is 1.19. The molecule has 1 aromatic carbocycles. The maximum absolute atomic E-state index is 10.6. The van der Waals surface area contributed by atoms with E-state index < -0.39 is 4.92 Å². The Kier molecular flexibility index (Phi) is 5.31. The van der Waals surface area contributed by atoms with Crippen LogP contribution in [-0.4, -0.2) is 28.3 Å². The number of nitro benzene ring substituents is 1. The lowest BCUT2D eigenvalue weighted by atomic mass is 10.2. The minimum absolute atomic E-state index is 0.00136. The molecule has 0 aliphatic rings. The van der Waals surface area contributed by atoms with Gasteiger partial charge in [0.2, 0.25) is 0 Å². The highest BCUT2D eigenvalue weighted by Crippen LogP contribution is 2.12. The fourth-order valence-corrected chi connectivity index (χ4v) is 1.37. The van der Waals surface area contributed by atoms with Crippen LogP contribution in [-0.2, 0) is 6.54 Å². The molecule has 0 aliphatic heterocycles. The zero-order chi connectivity index (χ0) is 12.7. The first kappa shape index (κ1) is 13.3. The quantitative estimate of drug-likeness (QED) is 0.404. The van der Waals surface area contributed by atoms with Crippen molar-refractivity contribution in [2.75, 3.05) is 13.2 Å². The van der Waals surface area contributed by atoms with Gasteiger partial charge < -0.3 is 15.7 Å². The van der Waals surface area contributed by atoms with Gasteiger partial charge in [-0.15, -0.1) is 0 Å². The molecule has 0 unspecified atom stereocenters. The number of benzene rings is 1. The lowest BCUT2D eigenvalue weighted by Gasteiger charge is -2.09. The Balaban J connectivity index is 2.49. The van der Waals surface area contributed by atoms with E-state index in [9.17, 15) is 10.1 Å². The number of hydrogen-bond acceptors (Lipinski definition) is 4. The van der Waals surface area contributed by atoms with Gasteiger partial charge in [-0.05, 0) is 17.8 Å². The summed E-state index contributed by atoms with van der Waals surface area (Å²) >= 11 is 4.94. The molecule has 0 saturated carbocycles.